The van der Waals surface area contributed by atoms with Gasteiger partial charge in [0.1, 0.15) is 5.82 Å². The van der Waals surface area contributed by atoms with Gasteiger partial charge in [0.25, 0.3) is 0 Å². The Labute approximate surface area is 182 Å². The fraction of sp³-hybridized carbons (Fsp3) is 0.231. The van der Waals surface area contributed by atoms with E-state index in [0.29, 0.717) is 16.7 Å². The van der Waals surface area contributed by atoms with Gasteiger partial charge in [0.15, 0.2) is 5.78 Å². The molecule has 0 N–H and O–H groups in total. The van der Waals surface area contributed by atoms with Crippen LogP contribution >= 0.6 is 0 Å². The zero-order chi connectivity index (χ0) is 21.8. The number of nitrogens with zero attached hydrogens (tertiary/aromatic N) is 3. The fourth-order valence-corrected chi connectivity index (χ4v) is 4.03. The van der Waals surface area contributed by atoms with Gasteiger partial charge in [-0.1, -0.05) is 42.5 Å². The van der Waals surface area contributed by atoms with Crippen molar-refractivity contribution in [3.63, 3.8) is 0 Å². The molecule has 3 aromatic rings. The molecular weight excluding hydrogens is 389 g/mol. The Hall–Kier alpha value is -3.49. The molecule has 0 aromatic heterocycles. The Bertz CT molecular complexity index is 1090. The third-order valence-electron chi connectivity index (χ3n) is 5.96. The molecule has 1 fully saturated rings. The predicted molar refractivity (Wildman–Crippen MR) is 121 cm³/mol. The maximum absolute atomic E-state index is 14.0. The Balaban J connectivity index is 1.38. The molecule has 1 aliphatic rings. The van der Waals surface area contributed by atoms with Crippen molar-refractivity contribution in [3.05, 3.63) is 89.7 Å². The Kier molecular flexibility index (Phi) is 6.11. The average molecular weight is 413 g/mol. The van der Waals surface area contributed by atoms with Gasteiger partial charge in [-0.25, -0.2) is 4.39 Å². The molecule has 4 rings (SSSR count). The van der Waals surface area contributed by atoms with Crippen molar-refractivity contribution in [1.82, 2.24) is 4.90 Å². The quantitative estimate of drug-likeness (QED) is 0.566. The largest absolute Gasteiger partial charge is 0.369 e. The summed E-state index contributed by atoms with van der Waals surface area (Å²) in [6.07, 6.45) is 0. The monoisotopic (exact) mass is 413 g/mol. The highest BCUT2D eigenvalue weighted by Crippen LogP contribution is 2.24. The number of nitriles is 1. The van der Waals surface area contributed by atoms with Gasteiger partial charge in [-0.05, 0) is 42.8 Å². The molecule has 31 heavy (non-hydrogen) atoms. The summed E-state index contributed by atoms with van der Waals surface area (Å²) in [6.45, 7) is 5.19. The highest BCUT2D eigenvalue weighted by Gasteiger charge is 2.26. The summed E-state index contributed by atoms with van der Waals surface area (Å²) < 4.78 is 14.0. The lowest BCUT2D eigenvalue weighted by atomic mass is 9.99. The molecule has 0 unspecified atom stereocenters. The molecule has 3 aromatic carbocycles. The van der Waals surface area contributed by atoms with Crippen molar-refractivity contribution >= 4 is 11.5 Å². The minimum Gasteiger partial charge on any atom is -0.369 e. The molecule has 0 aliphatic carbocycles. The number of halogens is 1. The molecule has 0 saturated carbocycles. The molecule has 0 spiro atoms. The number of anilines is 1. The third kappa shape index (κ3) is 4.50. The number of hydrogen-bond acceptors (Lipinski definition) is 4. The van der Waals surface area contributed by atoms with Gasteiger partial charge < -0.3 is 4.90 Å². The first-order valence-corrected chi connectivity index (χ1v) is 10.4. The molecule has 1 heterocycles. The van der Waals surface area contributed by atoms with Crippen LogP contribution in [-0.2, 0) is 0 Å². The molecule has 1 aliphatic heterocycles. The Morgan fingerprint density at radius 2 is 1.58 bits per heavy atom. The number of carbonyl (C=O) groups excluding carboxylic acids is 1. The molecule has 0 bridgehead atoms. The van der Waals surface area contributed by atoms with Crippen LogP contribution in [0.3, 0.4) is 0 Å². The van der Waals surface area contributed by atoms with Gasteiger partial charge in [-0.15, -0.1) is 0 Å². The molecule has 5 heteroatoms. The number of Topliss-reactive ketones (excluding diaryl/α,β-unsaturated/α-hetero) is 1. The summed E-state index contributed by atoms with van der Waals surface area (Å²) in [5.41, 5.74) is 3.69. The topological polar surface area (TPSA) is 47.3 Å². The lowest BCUT2D eigenvalue weighted by Crippen LogP contribution is -2.51. The molecule has 0 amide bonds. The van der Waals surface area contributed by atoms with Crippen LogP contribution in [0.15, 0.2) is 72.8 Å². The van der Waals surface area contributed by atoms with Crippen LogP contribution in [0.5, 0.6) is 0 Å². The van der Waals surface area contributed by atoms with E-state index in [4.69, 9.17) is 5.26 Å². The second-order valence-corrected chi connectivity index (χ2v) is 7.78. The normalized spacial score (nSPS) is 15.3. The van der Waals surface area contributed by atoms with Crippen LogP contribution in [0.1, 0.15) is 22.8 Å². The van der Waals surface area contributed by atoms with E-state index in [0.717, 1.165) is 37.4 Å². The van der Waals surface area contributed by atoms with E-state index in [1.165, 1.54) is 6.07 Å². The van der Waals surface area contributed by atoms with Gasteiger partial charge in [0.05, 0.1) is 17.7 Å². The molecule has 4 nitrogen and oxygen atoms in total. The van der Waals surface area contributed by atoms with E-state index in [1.54, 1.807) is 42.5 Å². The van der Waals surface area contributed by atoms with Gasteiger partial charge in [-0.2, -0.15) is 5.26 Å². The Morgan fingerprint density at radius 3 is 2.19 bits per heavy atom. The van der Waals surface area contributed by atoms with Gasteiger partial charge in [0.2, 0.25) is 0 Å². The summed E-state index contributed by atoms with van der Waals surface area (Å²) in [4.78, 5) is 17.5. The average Bonchev–Trinajstić information content (AvgIpc) is 2.84. The van der Waals surface area contributed by atoms with E-state index in [9.17, 15) is 9.18 Å². The second-order valence-electron chi connectivity index (χ2n) is 7.78. The summed E-state index contributed by atoms with van der Waals surface area (Å²) in [5, 5.41) is 8.95. The third-order valence-corrected chi connectivity index (χ3v) is 5.96. The number of benzene rings is 3. The molecule has 1 saturated heterocycles. The van der Waals surface area contributed by atoms with E-state index < -0.39 is 0 Å². The fourth-order valence-electron chi connectivity index (χ4n) is 4.03. The number of ketones is 1. The predicted octanol–water partition coefficient (Wildman–Crippen LogP) is 4.76. The minimum absolute atomic E-state index is 0.0758. The SMILES string of the molecule is C[C@H](C(=O)c1ccc(-c2ccccc2F)cc1)N1CCN(c2ccc(C#N)cc2)CC1. The van der Waals surface area contributed by atoms with E-state index in [1.807, 2.05) is 31.2 Å². The lowest BCUT2D eigenvalue weighted by Gasteiger charge is -2.38. The maximum Gasteiger partial charge on any atom is 0.179 e. The molecule has 0 radical (unpaired) electrons. The smallest absolute Gasteiger partial charge is 0.179 e. The van der Waals surface area contributed by atoms with Crippen LogP contribution in [0, 0.1) is 17.1 Å². The van der Waals surface area contributed by atoms with Crippen LogP contribution in [0.25, 0.3) is 11.1 Å². The van der Waals surface area contributed by atoms with Crippen molar-refractivity contribution in [2.24, 2.45) is 0 Å². The standard InChI is InChI=1S/C26H24FN3O/c1-19(29-14-16-30(17-15-29)23-12-6-20(18-28)7-13-23)26(31)22-10-8-21(9-11-22)24-4-2-3-5-25(24)27/h2-13,19H,14-17H2,1H3/t19-/m1/s1. The van der Waals surface area contributed by atoms with Crippen molar-refractivity contribution in [2.75, 3.05) is 31.1 Å². The first kappa shape index (κ1) is 20.8. The van der Waals surface area contributed by atoms with E-state index in [2.05, 4.69) is 15.9 Å². The number of piperazine rings is 1. The summed E-state index contributed by atoms with van der Waals surface area (Å²) in [6, 6.07) is 23.4. The van der Waals surface area contributed by atoms with E-state index in [-0.39, 0.29) is 17.6 Å². The molecular formula is C26H24FN3O. The number of rotatable bonds is 5. The van der Waals surface area contributed by atoms with Gasteiger partial charge in [0, 0.05) is 43.0 Å². The zero-order valence-corrected chi connectivity index (χ0v) is 17.5. The highest BCUT2D eigenvalue weighted by molar-refractivity contribution is 6.00. The lowest BCUT2D eigenvalue weighted by molar-refractivity contribution is 0.0830. The zero-order valence-electron chi connectivity index (χ0n) is 17.5. The van der Waals surface area contributed by atoms with E-state index >= 15 is 0 Å². The van der Waals surface area contributed by atoms with Crippen LogP contribution in [0.2, 0.25) is 0 Å². The van der Waals surface area contributed by atoms with Crippen molar-refractivity contribution in [3.8, 4) is 17.2 Å². The summed E-state index contributed by atoms with van der Waals surface area (Å²) >= 11 is 0. The summed E-state index contributed by atoms with van der Waals surface area (Å²) in [5.74, 6) is -0.193. The molecule has 1 atom stereocenters. The number of carbonyl (C=O) groups is 1. The first-order chi connectivity index (χ1) is 15.1. The summed E-state index contributed by atoms with van der Waals surface area (Å²) in [7, 11) is 0. The van der Waals surface area contributed by atoms with Crippen LogP contribution in [0.4, 0.5) is 10.1 Å². The first-order valence-electron chi connectivity index (χ1n) is 10.4. The van der Waals surface area contributed by atoms with Gasteiger partial charge in [-0.3, -0.25) is 9.69 Å². The maximum atomic E-state index is 14.0. The van der Waals surface area contributed by atoms with Crippen molar-refractivity contribution in [1.29, 1.82) is 5.26 Å². The molecule has 156 valence electrons. The highest BCUT2D eigenvalue weighted by atomic mass is 19.1. The van der Waals surface area contributed by atoms with Gasteiger partial charge >= 0.3 is 0 Å². The number of hydrogen-bond donors (Lipinski definition) is 0. The minimum atomic E-state index is -0.268. The Morgan fingerprint density at radius 1 is 0.935 bits per heavy atom. The van der Waals surface area contributed by atoms with Crippen LogP contribution in [-0.4, -0.2) is 42.9 Å². The second kappa shape index (κ2) is 9.11. The van der Waals surface area contributed by atoms with Crippen molar-refractivity contribution < 1.29 is 9.18 Å². The van der Waals surface area contributed by atoms with Crippen LogP contribution < -0.4 is 4.90 Å². The van der Waals surface area contributed by atoms with Crippen molar-refractivity contribution in [2.45, 2.75) is 13.0 Å².